The highest BCUT2D eigenvalue weighted by Gasteiger charge is 2.39. The van der Waals surface area contributed by atoms with Gasteiger partial charge in [-0.2, -0.15) is 0 Å². The second-order valence-electron chi connectivity index (χ2n) is 4.77. The minimum atomic E-state index is -0.771. The molecule has 0 unspecified atom stereocenters. The molecule has 1 saturated heterocycles. The topological polar surface area (TPSA) is 21.3 Å². The molecule has 1 spiro atoms. The molecule has 1 aromatic carbocycles. The van der Waals surface area contributed by atoms with Crippen molar-refractivity contribution >= 4 is 0 Å². The summed E-state index contributed by atoms with van der Waals surface area (Å²) in [6, 6.07) is 2.66. The molecular formula is C13H15F2NO. The van der Waals surface area contributed by atoms with E-state index in [2.05, 4.69) is 5.32 Å². The second kappa shape index (κ2) is 4.03. The summed E-state index contributed by atoms with van der Waals surface area (Å²) < 4.78 is 32.5. The van der Waals surface area contributed by atoms with Gasteiger partial charge in [0.15, 0.2) is 11.6 Å². The average molecular weight is 239 g/mol. The summed E-state index contributed by atoms with van der Waals surface area (Å²) in [5.74, 6) is -1.53. The van der Waals surface area contributed by atoms with Gasteiger partial charge in [0.2, 0.25) is 0 Å². The molecule has 0 amide bonds. The molecule has 1 aromatic rings. The number of fused-ring (bicyclic) bond motifs is 2. The first-order valence-electron chi connectivity index (χ1n) is 6.04. The molecule has 2 nitrogen and oxygen atoms in total. The van der Waals surface area contributed by atoms with Crippen molar-refractivity contribution in [3.63, 3.8) is 0 Å². The first-order chi connectivity index (χ1) is 8.21. The Morgan fingerprint density at radius 3 is 2.59 bits per heavy atom. The summed E-state index contributed by atoms with van der Waals surface area (Å²) in [7, 11) is 0. The Bertz CT molecular complexity index is 441. The highest BCUT2D eigenvalue weighted by atomic mass is 19.2. The molecule has 92 valence electrons. The van der Waals surface area contributed by atoms with Crippen LogP contribution in [0.15, 0.2) is 12.1 Å². The zero-order chi connectivity index (χ0) is 11.9. The predicted octanol–water partition coefficient (Wildman–Crippen LogP) is 2.12. The minimum Gasteiger partial charge on any atom is -0.370 e. The van der Waals surface area contributed by atoms with E-state index in [9.17, 15) is 8.78 Å². The van der Waals surface area contributed by atoms with Gasteiger partial charge in [-0.05, 0) is 55.6 Å². The number of piperidine rings is 1. The first kappa shape index (κ1) is 11.1. The van der Waals surface area contributed by atoms with Gasteiger partial charge in [-0.1, -0.05) is 0 Å². The fourth-order valence-electron chi connectivity index (χ4n) is 2.90. The summed E-state index contributed by atoms with van der Waals surface area (Å²) in [4.78, 5) is 0. The van der Waals surface area contributed by atoms with Crippen molar-refractivity contribution < 1.29 is 13.5 Å². The molecule has 0 aliphatic carbocycles. The Labute approximate surface area is 99.0 Å². The van der Waals surface area contributed by atoms with Crippen molar-refractivity contribution in [1.82, 2.24) is 5.32 Å². The molecule has 2 heterocycles. The van der Waals surface area contributed by atoms with E-state index in [1.54, 1.807) is 0 Å². The minimum absolute atomic E-state index is 0.395. The Morgan fingerprint density at radius 2 is 1.82 bits per heavy atom. The number of ether oxygens (including phenoxy) is 1. The normalized spacial score (nSPS) is 22.5. The number of nitrogens with one attached hydrogen (secondary N) is 1. The van der Waals surface area contributed by atoms with Crippen LogP contribution in [0.2, 0.25) is 0 Å². The highest BCUT2D eigenvalue weighted by Crippen LogP contribution is 2.40. The Kier molecular flexibility index (Phi) is 2.64. The van der Waals surface area contributed by atoms with Crippen LogP contribution in [0.3, 0.4) is 0 Å². The third-order valence-corrected chi connectivity index (χ3v) is 3.80. The van der Waals surface area contributed by atoms with E-state index < -0.39 is 17.2 Å². The van der Waals surface area contributed by atoms with Gasteiger partial charge in [0.25, 0.3) is 0 Å². The first-order valence-corrected chi connectivity index (χ1v) is 6.04. The van der Waals surface area contributed by atoms with E-state index in [1.807, 2.05) is 0 Å². The van der Waals surface area contributed by atoms with Gasteiger partial charge in [-0.15, -0.1) is 0 Å². The molecule has 2 aliphatic heterocycles. The monoisotopic (exact) mass is 239 g/mol. The molecule has 2 aliphatic rings. The van der Waals surface area contributed by atoms with Crippen LogP contribution < -0.4 is 5.32 Å². The van der Waals surface area contributed by atoms with Gasteiger partial charge in [-0.3, -0.25) is 0 Å². The second-order valence-corrected chi connectivity index (χ2v) is 4.77. The van der Waals surface area contributed by atoms with Gasteiger partial charge in [0.1, 0.15) is 0 Å². The van der Waals surface area contributed by atoms with Gasteiger partial charge in [0, 0.05) is 0 Å². The van der Waals surface area contributed by atoms with E-state index in [-0.39, 0.29) is 0 Å². The van der Waals surface area contributed by atoms with Crippen LogP contribution in [-0.2, 0) is 16.8 Å². The lowest BCUT2D eigenvalue weighted by Gasteiger charge is -2.42. The molecule has 1 N–H and O–H groups in total. The maximum Gasteiger partial charge on any atom is 0.159 e. The molecule has 0 bridgehead atoms. The van der Waals surface area contributed by atoms with Crippen molar-refractivity contribution in [1.29, 1.82) is 0 Å². The largest absolute Gasteiger partial charge is 0.370 e. The van der Waals surface area contributed by atoms with E-state index in [1.165, 1.54) is 12.1 Å². The van der Waals surface area contributed by atoms with Gasteiger partial charge < -0.3 is 10.1 Å². The van der Waals surface area contributed by atoms with Gasteiger partial charge in [0.05, 0.1) is 12.2 Å². The number of hydrogen-bond donors (Lipinski definition) is 1. The van der Waals surface area contributed by atoms with Crippen LogP contribution in [-0.4, -0.2) is 19.7 Å². The average Bonchev–Trinajstić information content (AvgIpc) is 2.33. The van der Waals surface area contributed by atoms with Crippen molar-refractivity contribution in [2.24, 2.45) is 0 Å². The molecule has 17 heavy (non-hydrogen) atoms. The maximum absolute atomic E-state index is 13.4. The maximum atomic E-state index is 13.4. The van der Waals surface area contributed by atoms with Crippen molar-refractivity contribution in [3.05, 3.63) is 34.9 Å². The molecule has 0 atom stereocenters. The van der Waals surface area contributed by atoms with Crippen LogP contribution in [0.1, 0.15) is 24.0 Å². The SMILES string of the molecule is Fc1cc2c(cc1F)C1(CCNCC1)OCC2. The molecule has 0 radical (unpaired) electrons. The zero-order valence-electron chi connectivity index (χ0n) is 9.56. The van der Waals surface area contributed by atoms with Crippen molar-refractivity contribution in [2.45, 2.75) is 24.9 Å². The summed E-state index contributed by atoms with van der Waals surface area (Å²) in [6.45, 7) is 2.31. The van der Waals surface area contributed by atoms with E-state index in [0.717, 1.165) is 37.1 Å². The molecule has 0 aromatic heterocycles. The molecule has 4 heteroatoms. The van der Waals surface area contributed by atoms with Crippen LogP contribution in [0.5, 0.6) is 0 Å². The number of benzene rings is 1. The fraction of sp³-hybridized carbons (Fsp3) is 0.538. The van der Waals surface area contributed by atoms with E-state index >= 15 is 0 Å². The molecule has 3 rings (SSSR count). The van der Waals surface area contributed by atoms with E-state index in [4.69, 9.17) is 4.74 Å². The van der Waals surface area contributed by atoms with Crippen molar-refractivity contribution in [2.75, 3.05) is 19.7 Å². The molecular weight excluding hydrogens is 224 g/mol. The lowest BCUT2D eigenvalue weighted by Crippen LogP contribution is -2.44. The van der Waals surface area contributed by atoms with Crippen LogP contribution in [0.4, 0.5) is 8.78 Å². The Morgan fingerprint density at radius 1 is 1.12 bits per heavy atom. The Hall–Kier alpha value is -1.00. The third kappa shape index (κ3) is 1.76. The van der Waals surface area contributed by atoms with Gasteiger partial charge >= 0.3 is 0 Å². The lowest BCUT2D eigenvalue weighted by atomic mass is 9.80. The van der Waals surface area contributed by atoms with Gasteiger partial charge in [-0.25, -0.2) is 8.78 Å². The zero-order valence-corrected chi connectivity index (χ0v) is 9.56. The summed E-state index contributed by atoms with van der Waals surface area (Å²) in [5, 5.41) is 3.27. The van der Waals surface area contributed by atoms with Crippen LogP contribution >= 0.6 is 0 Å². The fourth-order valence-corrected chi connectivity index (χ4v) is 2.90. The standard InChI is InChI=1S/C13H15F2NO/c14-11-7-9-1-6-17-13(2-4-16-5-3-13)10(9)8-12(11)15/h7-8,16H,1-6H2. The van der Waals surface area contributed by atoms with Crippen LogP contribution in [0, 0.1) is 11.6 Å². The molecule has 1 fully saturated rings. The number of hydrogen-bond acceptors (Lipinski definition) is 2. The van der Waals surface area contributed by atoms with E-state index in [0.29, 0.717) is 13.0 Å². The summed E-state index contributed by atoms with van der Waals surface area (Å²) in [5.41, 5.74) is 1.36. The lowest BCUT2D eigenvalue weighted by molar-refractivity contribution is -0.0805. The van der Waals surface area contributed by atoms with Crippen molar-refractivity contribution in [3.8, 4) is 0 Å². The summed E-state index contributed by atoms with van der Waals surface area (Å²) in [6.07, 6.45) is 2.32. The highest BCUT2D eigenvalue weighted by molar-refractivity contribution is 5.36. The number of rotatable bonds is 0. The summed E-state index contributed by atoms with van der Waals surface area (Å²) >= 11 is 0. The smallest absolute Gasteiger partial charge is 0.159 e. The third-order valence-electron chi connectivity index (χ3n) is 3.80. The molecule has 0 saturated carbocycles. The number of halogens is 2. The van der Waals surface area contributed by atoms with Crippen LogP contribution in [0.25, 0.3) is 0 Å². The predicted molar refractivity (Wildman–Crippen MR) is 59.8 cm³/mol. The quantitative estimate of drug-likeness (QED) is 0.748. The Balaban J connectivity index is 2.09.